The van der Waals surface area contributed by atoms with Gasteiger partial charge in [0.25, 0.3) is 0 Å². The van der Waals surface area contributed by atoms with E-state index in [0.29, 0.717) is 0 Å². The number of rotatable bonds is 5. The van der Waals surface area contributed by atoms with Crippen molar-refractivity contribution in [3.05, 3.63) is 35.4 Å². The minimum atomic E-state index is -0.633. The summed E-state index contributed by atoms with van der Waals surface area (Å²) in [6, 6.07) is 7.44. The molecule has 1 aromatic carbocycles. The Labute approximate surface area is 102 Å². The van der Waals surface area contributed by atoms with Gasteiger partial charge in [-0.2, -0.15) is 5.10 Å². The second-order valence-electron chi connectivity index (χ2n) is 4.00. The monoisotopic (exact) mass is 233 g/mol. The standard InChI is InChI=1S/C13H19N3O/c1-3-4-5-12(15-16-13(14)17)11-8-6-10(2)7-9-11/h6-9H,3-5H2,1-2H3,(H3,14,16,17). The Hall–Kier alpha value is -1.84. The highest BCUT2D eigenvalue weighted by Gasteiger charge is 2.03. The van der Waals surface area contributed by atoms with E-state index in [-0.39, 0.29) is 0 Å². The first kappa shape index (κ1) is 13.2. The number of carbonyl (C=O) groups is 1. The molecule has 3 N–H and O–H groups in total. The van der Waals surface area contributed by atoms with Gasteiger partial charge in [0.15, 0.2) is 0 Å². The van der Waals surface area contributed by atoms with Gasteiger partial charge in [0, 0.05) is 0 Å². The van der Waals surface area contributed by atoms with Crippen LogP contribution in [0, 0.1) is 6.92 Å². The number of primary amides is 1. The predicted octanol–water partition coefficient (Wildman–Crippen LogP) is 2.56. The van der Waals surface area contributed by atoms with E-state index in [1.54, 1.807) is 0 Å². The normalized spacial score (nSPS) is 11.3. The fraction of sp³-hybridized carbons (Fsp3) is 0.385. The maximum absolute atomic E-state index is 10.7. The van der Waals surface area contributed by atoms with Crippen LogP contribution in [0.1, 0.15) is 37.3 Å². The van der Waals surface area contributed by atoms with Gasteiger partial charge in [0.2, 0.25) is 0 Å². The quantitative estimate of drug-likeness (QED) is 0.595. The minimum absolute atomic E-state index is 0.633. The van der Waals surface area contributed by atoms with Crippen molar-refractivity contribution in [3.63, 3.8) is 0 Å². The van der Waals surface area contributed by atoms with Gasteiger partial charge >= 0.3 is 6.03 Å². The molecule has 92 valence electrons. The number of nitrogens with one attached hydrogen (secondary N) is 1. The zero-order chi connectivity index (χ0) is 12.7. The number of nitrogens with zero attached hydrogens (tertiary/aromatic N) is 1. The van der Waals surface area contributed by atoms with Crippen LogP contribution in [0.5, 0.6) is 0 Å². The summed E-state index contributed by atoms with van der Waals surface area (Å²) >= 11 is 0. The van der Waals surface area contributed by atoms with Crippen LogP contribution in [-0.2, 0) is 0 Å². The highest BCUT2D eigenvalue weighted by Crippen LogP contribution is 2.09. The second-order valence-corrected chi connectivity index (χ2v) is 4.00. The van der Waals surface area contributed by atoms with Crippen molar-refractivity contribution in [2.75, 3.05) is 0 Å². The molecule has 1 aromatic rings. The lowest BCUT2D eigenvalue weighted by atomic mass is 10.0. The number of benzene rings is 1. The lowest BCUT2D eigenvalue weighted by Crippen LogP contribution is -2.26. The summed E-state index contributed by atoms with van der Waals surface area (Å²) in [5.41, 5.74) is 10.4. The fourth-order valence-electron chi connectivity index (χ4n) is 1.48. The van der Waals surface area contributed by atoms with Crippen LogP contribution in [-0.4, -0.2) is 11.7 Å². The summed E-state index contributed by atoms with van der Waals surface area (Å²) in [6.45, 7) is 4.16. The van der Waals surface area contributed by atoms with Crippen molar-refractivity contribution in [3.8, 4) is 0 Å². The Bertz CT molecular complexity index is 396. The number of urea groups is 1. The summed E-state index contributed by atoms with van der Waals surface area (Å²) < 4.78 is 0. The van der Waals surface area contributed by atoms with Gasteiger partial charge in [-0.25, -0.2) is 10.2 Å². The molecule has 4 heteroatoms. The predicted molar refractivity (Wildman–Crippen MR) is 70.0 cm³/mol. The van der Waals surface area contributed by atoms with Gasteiger partial charge in [-0.3, -0.25) is 0 Å². The molecule has 0 saturated carbocycles. The van der Waals surface area contributed by atoms with E-state index < -0.39 is 6.03 Å². The summed E-state index contributed by atoms with van der Waals surface area (Å²) in [4.78, 5) is 10.7. The van der Waals surface area contributed by atoms with Crippen LogP contribution in [0.3, 0.4) is 0 Å². The van der Waals surface area contributed by atoms with Gasteiger partial charge in [-0.05, 0) is 25.3 Å². The Morgan fingerprint density at radius 1 is 1.35 bits per heavy atom. The van der Waals surface area contributed by atoms with Crippen LogP contribution in [0.15, 0.2) is 29.4 Å². The SMILES string of the molecule is CCCCC(=NNC(N)=O)c1ccc(C)cc1. The fourth-order valence-corrected chi connectivity index (χ4v) is 1.48. The largest absolute Gasteiger partial charge is 0.350 e. The molecule has 4 nitrogen and oxygen atoms in total. The molecule has 0 fully saturated rings. The molecule has 0 aromatic heterocycles. The average molecular weight is 233 g/mol. The Kier molecular flexibility index (Phi) is 5.20. The molecular weight excluding hydrogens is 214 g/mol. The highest BCUT2D eigenvalue weighted by atomic mass is 16.2. The number of unbranched alkanes of at least 4 members (excludes halogenated alkanes) is 1. The van der Waals surface area contributed by atoms with Gasteiger partial charge in [0.1, 0.15) is 0 Å². The molecule has 1 rings (SSSR count). The maximum Gasteiger partial charge on any atom is 0.332 e. The molecule has 0 bridgehead atoms. The Morgan fingerprint density at radius 3 is 2.53 bits per heavy atom. The molecule has 2 amide bonds. The maximum atomic E-state index is 10.7. The third kappa shape index (κ3) is 4.68. The average Bonchev–Trinajstić information content (AvgIpc) is 2.30. The van der Waals surface area contributed by atoms with Crippen molar-refractivity contribution in [1.29, 1.82) is 0 Å². The molecule has 0 aliphatic heterocycles. The van der Waals surface area contributed by atoms with E-state index in [4.69, 9.17) is 5.73 Å². The van der Waals surface area contributed by atoms with Crippen LogP contribution in [0.4, 0.5) is 4.79 Å². The van der Waals surface area contributed by atoms with Gasteiger partial charge in [0.05, 0.1) is 5.71 Å². The first-order valence-corrected chi connectivity index (χ1v) is 5.82. The van der Waals surface area contributed by atoms with Crippen molar-refractivity contribution in [1.82, 2.24) is 5.43 Å². The van der Waals surface area contributed by atoms with E-state index in [1.807, 2.05) is 31.2 Å². The minimum Gasteiger partial charge on any atom is -0.350 e. The molecule has 0 aliphatic rings. The number of amides is 2. The highest BCUT2D eigenvalue weighted by molar-refractivity contribution is 6.01. The van der Waals surface area contributed by atoms with Crippen molar-refractivity contribution >= 4 is 11.7 Å². The van der Waals surface area contributed by atoms with Crippen LogP contribution < -0.4 is 11.2 Å². The molecule has 0 radical (unpaired) electrons. The van der Waals surface area contributed by atoms with E-state index in [2.05, 4.69) is 17.5 Å². The number of nitrogens with two attached hydrogens (primary N) is 1. The van der Waals surface area contributed by atoms with E-state index in [9.17, 15) is 4.79 Å². The molecule has 0 spiro atoms. The lowest BCUT2D eigenvalue weighted by Gasteiger charge is -2.06. The van der Waals surface area contributed by atoms with E-state index >= 15 is 0 Å². The van der Waals surface area contributed by atoms with E-state index in [0.717, 1.165) is 30.5 Å². The number of hydrogen-bond acceptors (Lipinski definition) is 2. The number of carbonyl (C=O) groups excluding carboxylic acids is 1. The third-order valence-electron chi connectivity index (χ3n) is 2.45. The Morgan fingerprint density at radius 2 is 2.00 bits per heavy atom. The molecule has 0 heterocycles. The van der Waals surface area contributed by atoms with Gasteiger partial charge in [-0.15, -0.1) is 0 Å². The first-order valence-electron chi connectivity index (χ1n) is 5.82. The summed E-state index contributed by atoms with van der Waals surface area (Å²) in [5, 5.41) is 4.05. The topological polar surface area (TPSA) is 67.5 Å². The smallest absolute Gasteiger partial charge is 0.332 e. The number of hydrazone groups is 1. The molecular formula is C13H19N3O. The summed E-state index contributed by atoms with van der Waals surface area (Å²) in [6.07, 6.45) is 2.95. The summed E-state index contributed by atoms with van der Waals surface area (Å²) in [7, 11) is 0. The van der Waals surface area contributed by atoms with Crippen molar-refractivity contribution in [2.24, 2.45) is 10.8 Å². The molecule has 0 saturated heterocycles. The Balaban J connectivity index is 2.84. The second kappa shape index (κ2) is 6.68. The molecule has 0 atom stereocenters. The zero-order valence-corrected chi connectivity index (χ0v) is 10.4. The molecule has 0 aliphatic carbocycles. The van der Waals surface area contributed by atoms with E-state index in [1.165, 1.54) is 5.56 Å². The van der Waals surface area contributed by atoms with Gasteiger partial charge in [-0.1, -0.05) is 43.2 Å². The zero-order valence-electron chi connectivity index (χ0n) is 10.4. The van der Waals surface area contributed by atoms with Crippen LogP contribution in [0.25, 0.3) is 0 Å². The lowest BCUT2D eigenvalue weighted by molar-refractivity contribution is 0.249. The van der Waals surface area contributed by atoms with Crippen LogP contribution in [0.2, 0.25) is 0 Å². The third-order valence-corrected chi connectivity index (χ3v) is 2.45. The number of aryl methyl sites for hydroxylation is 1. The molecule has 0 unspecified atom stereocenters. The van der Waals surface area contributed by atoms with Crippen LogP contribution >= 0.6 is 0 Å². The van der Waals surface area contributed by atoms with Crippen molar-refractivity contribution in [2.45, 2.75) is 33.1 Å². The van der Waals surface area contributed by atoms with Crippen molar-refractivity contribution < 1.29 is 4.79 Å². The molecule has 17 heavy (non-hydrogen) atoms. The van der Waals surface area contributed by atoms with Gasteiger partial charge < -0.3 is 5.73 Å². The number of hydrogen-bond donors (Lipinski definition) is 2. The summed E-state index contributed by atoms with van der Waals surface area (Å²) in [5.74, 6) is 0. The first-order chi connectivity index (χ1) is 8.13.